The number of rotatable bonds is 3. The molecular formula is C15H12ClF3N2O2. The maximum Gasteiger partial charge on any atom is 0.416 e. The summed E-state index contributed by atoms with van der Waals surface area (Å²) in [7, 11) is 1.46. The molecule has 4 nitrogen and oxygen atoms in total. The Bertz CT molecular complexity index is 720. The van der Waals surface area contributed by atoms with Crippen LogP contribution in [0.3, 0.4) is 0 Å². The highest BCUT2D eigenvalue weighted by Gasteiger charge is 2.30. The molecule has 0 heterocycles. The molecule has 0 aliphatic carbocycles. The van der Waals surface area contributed by atoms with Gasteiger partial charge in [0.05, 0.1) is 10.6 Å². The molecule has 0 bridgehead atoms. The van der Waals surface area contributed by atoms with Gasteiger partial charge in [0.1, 0.15) is 11.5 Å². The van der Waals surface area contributed by atoms with Gasteiger partial charge < -0.3 is 15.4 Å². The summed E-state index contributed by atoms with van der Waals surface area (Å²) in [4.78, 5) is 11.2. The summed E-state index contributed by atoms with van der Waals surface area (Å²) >= 11 is 6.02. The quantitative estimate of drug-likeness (QED) is 0.831. The van der Waals surface area contributed by atoms with Crippen LogP contribution in [-0.4, -0.2) is 13.1 Å². The molecule has 8 heteroatoms. The largest absolute Gasteiger partial charge is 0.456 e. The van der Waals surface area contributed by atoms with Crippen LogP contribution in [0.2, 0.25) is 5.02 Å². The second kappa shape index (κ2) is 6.78. The van der Waals surface area contributed by atoms with Crippen molar-refractivity contribution in [2.75, 3.05) is 12.4 Å². The minimum atomic E-state index is -4.45. The second-order valence-electron chi connectivity index (χ2n) is 4.48. The van der Waals surface area contributed by atoms with Crippen molar-refractivity contribution >= 4 is 23.3 Å². The van der Waals surface area contributed by atoms with E-state index >= 15 is 0 Å². The third-order valence-electron chi connectivity index (χ3n) is 2.81. The average Bonchev–Trinajstić information content (AvgIpc) is 2.49. The van der Waals surface area contributed by atoms with Crippen LogP contribution in [0.5, 0.6) is 11.5 Å². The molecule has 0 spiro atoms. The number of halogens is 4. The van der Waals surface area contributed by atoms with Gasteiger partial charge in [0.2, 0.25) is 0 Å². The van der Waals surface area contributed by atoms with Gasteiger partial charge in [0, 0.05) is 12.7 Å². The summed E-state index contributed by atoms with van der Waals surface area (Å²) in [5.74, 6) is 0.183. The molecule has 2 aromatic carbocycles. The van der Waals surface area contributed by atoms with E-state index in [1.807, 2.05) is 0 Å². The van der Waals surface area contributed by atoms with Crippen LogP contribution in [0.25, 0.3) is 0 Å². The molecule has 0 aliphatic rings. The first-order chi connectivity index (χ1) is 10.8. The van der Waals surface area contributed by atoms with E-state index in [4.69, 9.17) is 16.3 Å². The van der Waals surface area contributed by atoms with Crippen molar-refractivity contribution in [3.05, 3.63) is 53.1 Å². The zero-order chi connectivity index (χ0) is 17.0. The molecule has 0 aromatic heterocycles. The fourth-order valence-electron chi connectivity index (χ4n) is 1.72. The van der Waals surface area contributed by atoms with Crippen molar-refractivity contribution in [3.8, 4) is 11.5 Å². The maximum atomic E-state index is 12.7. The molecule has 2 aromatic rings. The number of anilines is 1. The Balaban J connectivity index is 2.19. The second-order valence-corrected chi connectivity index (χ2v) is 4.88. The van der Waals surface area contributed by atoms with Crippen molar-refractivity contribution in [1.29, 1.82) is 0 Å². The summed E-state index contributed by atoms with van der Waals surface area (Å²) < 4.78 is 43.4. The van der Waals surface area contributed by atoms with Gasteiger partial charge in [-0.3, -0.25) is 0 Å². The monoisotopic (exact) mass is 344 g/mol. The fraction of sp³-hybridized carbons (Fsp3) is 0.133. The summed E-state index contributed by atoms with van der Waals surface area (Å²) in [5.41, 5.74) is -0.394. The van der Waals surface area contributed by atoms with E-state index < -0.39 is 17.8 Å². The van der Waals surface area contributed by atoms with E-state index in [-0.39, 0.29) is 16.5 Å². The van der Waals surface area contributed by atoms with Gasteiger partial charge >= 0.3 is 12.2 Å². The first-order valence-electron chi connectivity index (χ1n) is 6.43. The molecule has 0 aliphatic heterocycles. The van der Waals surface area contributed by atoms with Crippen LogP contribution < -0.4 is 15.4 Å². The van der Waals surface area contributed by atoms with Gasteiger partial charge in [-0.05, 0) is 36.4 Å². The van der Waals surface area contributed by atoms with E-state index in [0.717, 1.165) is 12.1 Å². The van der Waals surface area contributed by atoms with Crippen LogP contribution in [0, 0.1) is 0 Å². The van der Waals surface area contributed by atoms with Crippen LogP contribution in [-0.2, 0) is 6.18 Å². The van der Waals surface area contributed by atoms with Crippen LogP contribution in [0.15, 0.2) is 42.5 Å². The third kappa shape index (κ3) is 4.53. The SMILES string of the molecule is CNC(=O)Nc1ccc(Oc2cccc(C(F)(F)F)c2)c(Cl)c1. The molecule has 0 radical (unpaired) electrons. The molecule has 2 rings (SSSR count). The number of carbonyl (C=O) groups excluding carboxylic acids is 1. The van der Waals surface area contributed by atoms with Crippen molar-refractivity contribution in [2.24, 2.45) is 0 Å². The predicted octanol–water partition coefficient (Wildman–Crippen LogP) is 4.90. The molecule has 2 N–H and O–H groups in total. The highest BCUT2D eigenvalue weighted by atomic mass is 35.5. The Labute approximate surface area is 135 Å². The van der Waals surface area contributed by atoms with Gasteiger partial charge in [0.15, 0.2) is 0 Å². The van der Waals surface area contributed by atoms with Crippen molar-refractivity contribution < 1.29 is 22.7 Å². The topological polar surface area (TPSA) is 50.4 Å². The number of amides is 2. The molecule has 0 atom stereocenters. The summed E-state index contributed by atoms with van der Waals surface area (Å²) in [6, 6.07) is 8.44. The molecule has 0 unspecified atom stereocenters. The standard InChI is InChI=1S/C15H12ClF3N2O2/c1-20-14(22)21-10-5-6-13(12(16)8-10)23-11-4-2-3-9(7-11)15(17,18)19/h2-8H,1H3,(H2,20,21,22). The van der Waals surface area contributed by atoms with Crippen molar-refractivity contribution in [1.82, 2.24) is 5.32 Å². The van der Waals surface area contributed by atoms with Gasteiger partial charge in [-0.15, -0.1) is 0 Å². The Hall–Kier alpha value is -2.41. The normalized spacial score (nSPS) is 11.0. The Morgan fingerprint density at radius 1 is 1.17 bits per heavy atom. The van der Waals surface area contributed by atoms with E-state index in [1.54, 1.807) is 0 Å². The van der Waals surface area contributed by atoms with Crippen LogP contribution >= 0.6 is 11.6 Å². The minimum absolute atomic E-state index is 0.00809. The van der Waals surface area contributed by atoms with Crippen molar-refractivity contribution in [2.45, 2.75) is 6.18 Å². The lowest BCUT2D eigenvalue weighted by atomic mass is 10.2. The molecule has 0 saturated carbocycles. The molecule has 0 fully saturated rings. The van der Waals surface area contributed by atoms with E-state index in [0.29, 0.717) is 5.69 Å². The van der Waals surface area contributed by atoms with Crippen LogP contribution in [0.1, 0.15) is 5.56 Å². The lowest BCUT2D eigenvalue weighted by Gasteiger charge is -2.12. The Morgan fingerprint density at radius 2 is 1.91 bits per heavy atom. The Kier molecular flexibility index (Phi) is 5.00. The number of nitrogens with one attached hydrogen (secondary N) is 2. The molecular weight excluding hydrogens is 333 g/mol. The number of hydrogen-bond acceptors (Lipinski definition) is 2. The van der Waals surface area contributed by atoms with E-state index in [2.05, 4.69) is 10.6 Å². The highest BCUT2D eigenvalue weighted by Crippen LogP contribution is 2.35. The minimum Gasteiger partial charge on any atom is -0.456 e. The summed E-state index contributed by atoms with van der Waals surface area (Å²) in [5, 5.41) is 5.04. The first-order valence-corrected chi connectivity index (χ1v) is 6.81. The summed E-state index contributed by atoms with van der Waals surface area (Å²) in [6.07, 6.45) is -4.45. The number of ether oxygens (including phenoxy) is 1. The molecule has 122 valence electrons. The fourth-order valence-corrected chi connectivity index (χ4v) is 1.94. The average molecular weight is 345 g/mol. The Morgan fingerprint density at radius 3 is 2.52 bits per heavy atom. The third-order valence-corrected chi connectivity index (χ3v) is 3.10. The zero-order valence-corrected chi connectivity index (χ0v) is 12.6. The van der Waals surface area contributed by atoms with Crippen LogP contribution in [0.4, 0.5) is 23.7 Å². The number of carbonyl (C=O) groups is 1. The molecule has 23 heavy (non-hydrogen) atoms. The van der Waals surface area contributed by atoms with Gasteiger partial charge in [0.25, 0.3) is 0 Å². The lowest BCUT2D eigenvalue weighted by Crippen LogP contribution is -2.24. The van der Waals surface area contributed by atoms with Gasteiger partial charge in [-0.2, -0.15) is 13.2 Å². The number of alkyl halides is 3. The van der Waals surface area contributed by atoms with E-state index in [1.165, 1.54) is 37.4 Å². The summed E-state index contributed by atoms with van der Waals surface area (Å²) in [6.45, 7) is 0. The molecule has 2 amide bonds. The number of benzene rings is 2. The smallest absolute Gasteiger partial charge is 0.416 e. The maximum absolute atomic E-state index is 12.7. The zero-order valence-electron chi connectivity index (χ0n) is 11.9. The molecule has 0 saturated heterocycles. The number of urea groups is 1. The van der Waals surface area contributed by atoms with Gasteiger partial charge in [-0.1, -0.05) is 17.7 Å². The number of hydrogen-bond donors (Lipinski definition) is 2. The first kappa shape index (κ1) is 17.0. The van der Waals surface area contributed by atoms with Gasteiger partial charge in [-0.25, -0.2) is 4.79 Å². The lowest BCUT2D eigenvalue weighted by molar-refractivity contribution is -0.137. The predicted molar refractivity (Wildman–Crippen MR) is 81.0 cm³/mol. The van der Waals surface area contributed by atoms with E-state index in [9.17, 15) is 18.0 Å². The highest BCUT2D eigenvalue weighted by molar-refractivity contribution is 6.32. The van der Waals surface area contributed by atoms with Crippen molar-refractivity contribution in [3.63, 3.8) is 0 Å².